The van der Waals surface area contributed by atoms with E-state index in [-0.39, 0.29) is 6.61 Å². The van der Waals surface area contributed by atoms with Gasteiger partial charge < -0.3 is 14.6 Å². The highest BCUT2D eigenvalue weighted by Gasteiger charge is 2.14. The van der Waals surface area contributed by atoms with E-state index in [4.69, 9.17) is 14.6 Å². The third-order valence-corrected chi connectivity index (χ3v) is 2.13. The van der Waals surface area contributed by atoms with Crippen LogP contribution in [0.4, 0.5) is 0 Å². The number of ether oxygens (including phenoxy) is 2. The Labute approximate surface area is 83.5 Å². The van der Waals surface area contributed by atoms with Crippen LogP contribution in [0.3, 0.4) is 0 Å². The Hall–Kier alpha value is -1.29. The van der Waals surface area contributed by atoms with Crippen LogP contribution in [0.1, 0.15) is 17.0 Å². The first-order valence-electron chi connectivity index (χ1n) is 4.34. The van der Waals surface area contributed by atoms with Crippen molar-refractivity contribution in [1.82, 2.24) is 4.98 Å². The summed E-state index contributed by atoms with van der Waals surface area (Å²) >= 11 is 0. The standard InChI is InChI=1S/C10H15NO3/c1-6-9(13-3)7(2)11-8(5-12)10(6)14-4/h12H,5H2,1-4H3. The molecule has 0 spiro atoms. The topological polar surface area (TPSA) is 51.6 Å². The van der Waals surface area contributed by atoms with Gasteiger partial charge in [-0.1, -0.05) is 0 Å². The van der Waals surface area contributed by atoms with E-state index in [2.05, 4.69) is 4.98 Å². The van der Waals surface area contributed by atoms with Crippen molar-refractivity contribution in [3.05, 3.63) is 17.0 Å². The highest BCUT2D eigenvalue weighted by atomic mass is 16.5. The van der Waals surface area contributed by atoms with E-state index in [1.807, 2.05) is 13.8 Å². The number of aliphatic hydroxyl groups is 1. The Morgan fingerprint density at radius 2 is 1.71 bits per heavy atom. The SMILES string of the molecule is COc1c(C)nc(CO)c(OC)c1C. The van der Waals surface area contributed by atoms with Gasteiger partial charge >= 0.3 is 0 Å². The number of nitrogens with zero attached hydrogens (tertiary/aromatic N) is 1. The summed E-state index contributed by atoms with van der Waals surface area (Å²) in [4.78, 5) is 4.19. The lowest BCUT2D eigenvalue weighted by Gasteiger charge is -2.14. The average molecular weight is 197 g/mol. The van der Waals surface area contributed by atoms with Crippen LogP contribution in [-0.4, -0.2) is 24.3 Å². The maximum absolute atomic E-state index is 9.08. The molecule has 0 amide bonds. The van der Waals surface area contributed by atoms with Crippen molar-refractivity contribution in [2.45, 2.75) is 20.5 Å². The third-order valence-electron chi connectivity index (χ3n) is 2.13. The predicted octanol–water partition coefficient (Wildman–Crippen LogP) is 1.21. The molecule has 0 fully saturated rings. The van der Waals surface area contributed by atoms with Crippen LogP contribution >= 0.6 is 0 Å². The summed E-state index contributed by atoms with van der Waals surface area (Å²) in [6, 6.07) is 0. The summed E-state index contributed by atoms with van der Waals surface area (Å²) in [5.74, 6) is 1.30. The molecule has 0 radical (unpaired) electrons. The van der Waals surface area contributed by atoms with E-state index < -0.39 is 0 Å². The highest BCUT2D eigenvalue weighted by Crippen LogP contribution is 2.32. The Balaban J connectivity index is 3.39. The number of hydrogen-bond donors (Lipinski definition) is 1. The minimum absolute atomic E-state index is 0.130. The normalized spacial score (nSPS) is 10.1. The molecule has 0 aliphatic carbocycles. The first kappa shape index (κ1) is 10.8. The fraction of sp³-hybridized carbons (Fsp3) is 0.500. The zero-order valence-corrected chi connectivity index (χ0v) is 8.92. The second-order valence-corrected chi connectivity index (χ2v) is 2.99. The van der Waals surface area contributed by atoms with E-state index in [0.717, 1.165) is 11.3 Å². The number of aryl methyl sites for hydroxylation is 1. The molecular weight excluding hydrogens is 182 g/mol. The lowest BCUT2D eigenvalue weighted by Crippen LogP contribution is -2.03. The Morgan fingerprint density at radius 3 is 2.14 bits per heavy atom. The molecule has 1 N–H and O–H groups in total. The fourth-order valence-electron chi connectivity index (χ4n) is 1.57. The molecule has 0 saturated heterocycles. The zero-order chi connectivity index (χ0) is 10.7. The molecule has 1 aromatic rings. The van der Waals surface area contributed by atoms with E-state index in [1.54, 1.807) is 14.2 Å². The zero-order valence-electron chi connectivity index (χ0n) is 8.92. The van der Waals surface area contributed by atoms with Gasteiger partial charge in [0.15, 0.2) is 0 Å². The van der Waals surface area contributed by atoms with Gasteiger partial charge in [-0.2, -0.15) is 0 Å². The Bertz CT molecular complexity index is 337. The van der Waals surface area contributed by atoms with E-state index in [9.17, 15) is 0 Å². The quantitative estimate of drug-likeness (QED) is 0.791. The van der Waals surface area contributed by atoms with Crippen LogP contribution in [-0.2, 0) is 6.61 Å². The van der Waals surface area contributed by atoms with Gasteiger partial charge in [0.05, 0.1) is 26.5 Å². The Morgan fingerprint density at radius 1 is 1.14 bits per heavy atom. The second kappa shape index (κ2) is 4.28. The minimum Gasteiger partial charge on any atom is -0.494 e. The van der Waals surface area contributed by atoms with E-state index >= 15 is 0 Å². The first-order chi connectivity index (χ1) is 6.65. The van der Waals surface area contributed by atoms with Gasteiger partial charge in [0.25, 0.3) is 0 Å². The van der Waals surface area contributed by atoms with Crippen LogP contribution in [0.25, 0.3) is 0 Å². The van der Waals surface area contributed by atoms with Crippen molar-refractivity contribution >= 4 is 0 Å². The molecule has 1 heterocycles. The molecule has 4 heteroatoms. The molecule has 4 nitrogen and oxygen atoms in total. The smallest absolute Gasteiger partial charge is 0.149 e. The van der Waals surface area contributed by atoms with Gasteiger partial charge in [0.1, 0.15) is 17.2 Å². The summed E-state index contributed by atoms with van der Waals surface area (Å²) in [6.07, 6.45) is 0. The molecule has 0 atom stereocenters. The van der Waals surface area contributed by atoms with Crippen LogP contribution in [0, 0.1) is 13.8 Å². The molecule has 78 valence electrons. The van der Waals surface area contributed by atoms with Crippen LogP contribution in [0.15, 0.2) is 0 Å². The number of hydrogen-bond acceptors (Lipinski definition) is 4. The van der Waals surface area contributed by atoms with Crippen LogP contribution in [0.2, 0.25) is 0 Å². The second-order valence-electron chi connectivity index (χ2n) is 2.99. The molecule has 1 rings (SSSR count). The summed E-state index contributed by atoms with van der Waals surface area (Å²) in [5.41, 5.74) is 2.17. The van der Waals surface area contributed by atoms with Gasteiger partial charge in [-0.3, -0.25) is 0 Å². The highest BCUT2D eigenvalue weighted by molar-refractivity contribution is 5.48. The summed E-state index contributed by atoms with van der Waals surface area (Å²) in [5, 5.41) is 9.08. The number of rotatable bonds is 3. The lowest BCUT2D eigenvalue weighted by atomic mass is 10.1. The van der Waals surface area contributed by atoms with Crippen molar-refractivity contribution in [1.29, 1.82) is 0 Å². The predicted molar refractivity (Wildman–Crippen MR) is 52.7 cm³/mol. The summed E-state index contributed by atoms with van der Waals surface area (Å²) < 4.78 is 10.4. The molecule has 0 aliphatic rings. The van der Waals surface area contributed by atoms with Gasteiger partial charge in [-0.15, -0.1) is 0 Å². The third kappa shape index (κ3) is 1.65. The maximum atomic E-state index is 9.08. The van der Waals surface area contributed by atoms with Gasteiger partial charge in [0, 0.05) is 5.56 Å². The monoisotopic (exact) mass is 197 g/mol. The summed E-state index contributed by atoms with van der Waals surface area (Å²) in [6.45, 7) is 3.59. The molecule has 0 unspecified atom stereocenters. The largest absolute Gasteiger partial charge is 0.494 e. The Kier molecular flexibility index (Phi) is 3.30. The number of pyridine rings is 1. The molecule has 0 aromatic carbocycles. The van der Waals surface area contributed by atoms with Crippen molar-refractivity contribution in [2.24, 2.45) is 0 Å². The van der Waals surface area contributed by atoms with Crippen molar-refractivity contribution in [3.8, 4) is 11.5 Å². The fourth-order valence-corrected chi connectivity index (χ4v) is 1.57. The average Bonchev–Trinajstić information content (AvgIpc) is 2.17. The van der Waals surface area contributed by atoms with E-state index in [1.165, 1.54) is 0 Å². The molecular formula is C10H15NO3. The number of aliphatic hydroxyl groups excluding tert-OH is 1. The van der Waals surface area contributed by atoms with Crippen molar-refractivity contribution in [2.75, 3.05) is 14.2 Å². The van der Waals surface area contributed by atoms with Crippen LogP contribution < -0.4 is 9.47 Å². The molecule has 0 aliphatic heterocycles. The van der Waals surface area contributed by atoms with Crippen molar-refractivity contribution < 1.29 is 14.6 Å². The maximum Gasteiger partial charge on any atom is 0.149 e. The molecule has 0 bridgehead atoms. The summed E-state index contributed by atoms with van der Waals surface area (Å²) in [7, 11) is 3.15. The lowest BCUT2D eigenvalue weighted by molar-refractivity contribution is 0.266. The van der Waals surface area contributed by atoms with Gasteiger partial charge in [-0.05, 0) is 13.8 Å². The number of methoxy groups -OCH3 is 2. The first-order valence-corrected chi connectivity index (χ1v) is 4.34. The van der Waals surface area contributed by atoms with Crippen LogP contribution in [0.5, 0.6) is 11.5 Å². The van der Waals surface area contributed by atoms with E-state index in [0.29, 0.717) is 17.2 Å². The molecule has 1 aromatic heterocycles. The van der Waals surface area contributed by atoms with Crippen molar-refractivity contribution in [3.63, 3.8) is 0 Å². The van der Waals surface area contributed by atoms with Gasteiger partial charge in [0.2, 0.25) is 0 Å². The molecule has 0 saturated carbocycles. The number of aromatic nitrogens is 1. The van der Waals surface area contributed by atoms with Gasteiger partial charge in [-0.25, -0.2) is 4.98 Å². The molecule has 14 heavy (non-hydrogen) atoms. The minimum atomic E-state index is -0.130.